The van der Waals surface area contributed by atoms with Gasteiger partial charge in [-0.05, 0) is 36.8 Å². The van der Waals surface area contributed by atoms with E-state index < -0.39 is 0 Å². The van der Waals surface area contributed by atoms with Gasteiger partial charge in [-0.15, -0.1) is 22.0 Å². The molecular formula is C20H19Cl2FN4OS2. The Balaban J connectivity index is 1.53. The van der Waals surface area contributed by atoms with Crippen molar-refractivity contribution in [3.63, 3.8) is 0 Å². The van der Waals surface area contributed by atoms with Gasteiger partial charge in [0.15, 0.2) is 5.16 Å². The van der Waals surface area contributed by atoms with Crippen LogP contribution in [0.2, 0.25) is 10.0 Å². The molecule has 158 valence electrons. The third-order valence-corrected chi connectivity index (χ3v) is 6.87. The Labute approximate surface area is 192 Å². The number of halogens is 3. The van der Waals surface area contributed by atoms with Crippen molar-refractivity contribution < 1.29 is 9.18 Å². The molecule has 10 heteroatoms. The Morgan fingerprint density at radius 1 is 1.13 bits per heavy atom. The number of hydrogen-bond acceptors (Lipinski definition) is 5. The summed E-state index contributed by atoms with van der Waals surface area (Å²) in [7, 11) is 0. The highest BCUT2D eigenvalue weighted by atomic mass is 35.5. The molecule has 0 aliphatic heterocycles. The van der Waals surface area contributed by atoms with Crippen molar-refractivity contribution in [1.29, 1.82) is 0 Å². The van der Waals surface area contributed by atoms with Crippen molar-refractivity contribution in [3.05, 3.63) is 69.7 Å². The largest absolute Gasteiger partial charge is 0.324 e. The summed E-state index contributed by atoms with van der Waals surface area (Å²) in [4.78, 5) is 12.3. The zero-order valence-electron chi connectivity index (χ0n) is 16.1. The summed E-state index contributed by atoms with van der Waals surface area (Å²) in [6.45, 7) is 2.71. The molecule has 30 heavy (non-hydrogen) atoms. The van der Waals surface area contributed by atoms with Crippen molar-refractivity contribution in [2.45, 2.75) is 30.1 Å². The van der Waals surface area contributed by atoms with E-state index in [4.69, 9.17) is 23.2 Å². The van der Waals surface area contributed by atoms with Crippen LogP contribution in [-0.2, 0) is 22.8 Å². The first-order chi connectivity index (χ1) is 14.5. The number of nitrogens with one attached hydrogen (secondary N) is 1. The summed E-state index contributed by atoms with van der Waals surface area (Å²) in [6, 6.07) is 11.6. The fourth-order valence-corrected chi connectivity index (χ4v) is 4.70. The van der Waals surface area contributed by atoms with Crippen molar-refractivity contribution in [1.82, 2.24) is 14.8 Å². The van der Waals surface area contributed by atoms with Gasteiger partial charge < -0.3 is 9.88 Å². The zero-order valence-corrected chi connectivity index (χ0v) is 19.2. The van der Waals surface area contributed by atoms with Crippen molar-refractivity contribution >= 4 is 58.3 Å². The van der Waals surface area contributed by atoms with Gasteiger partial charge in [0.2, 0.25) is 5.91 Å². The van der Waals surface area contributed by atoms with Gasteiger partial charge in [-0.25, -0.2) is 4.39 Å². The molecule has 1 aromatic heterocycles. The molecule has 0 radical (unpaired) electrons. The maximum atomic E-state index is 13.0. The van der Waals surface area contributed by atoms with E-state index in [9.17, 15) is 9.18 Å². The molecular weight excluding hydrogens is 466 g/mol. The molecule has 0 spiro atoms. The molecule has 1 amide bonds. The molecule has 3 rings (SSSR count). The first-order valence-electron chi connectivity index (χ1n) is 9.09. The summed E-state index contributed by atoms with van der Waals surface area (Å²) < 4.78 is 15.0. The molecule has 0 atom stereocenters. The standard InChI is InChI=1S/C20H19Cl2FN4OS2/c1-2-27-17(11-29-10-13-6-8-14(23)9-7-13)25-26-20(27)30-12-18(28)24-16-5-3-4-15(21)19(16)22/h3-9H,2,10-12H2,1H3,(H,24,28). The predicted molar refractivity (Wildman–Crippen MR) is 123 cm³/mol. The fraction of sp³-hybridized carbons (Fsp3) is 0.250. The number of rotatable bonds is 9. The lowest BCUT2D eigenvalue weighted by Crippen LogP contribution is -2.15. The molecule has 0 bridgehead atoms. The van der Waals surface area contributed by atoms with Gasteiger partial charge >= 0.3 is 0 Å². The molecule has 2 aromatic carbocycles. The molecule has 0 saturated carbocycles. The second-order valence-electron chi connectivity index (χ2n) is 6.20. The summed E-state index contributed by atoms with van der Waals surface area (Å²) in [6.07, 6.45) is 0. The molecule has 1 heterocycles. The van der Waals surface area contributed by atoms with Gasteiger partial charge in [0, 0.05) is 12.3 Å². The Hall–Kier alpha value is -1.74. The minimum atomic E-state index is -0.238. The Kier molecular flexibility index (Phi) is 8.44. The third-order valence-electron chi connectivity index (χ3n) is 4.08. The predicted octanol–water partition coefficient (Wildman–Crippen LogP) is 5.91. The van der Waals surface area contributed by atoms with Crippen LogP contribution in [0.3, 0.4) is 0 Å². The summed E-state index contributed by atoms with van der Waals surface area (Å²) in [5, 5.41) is 12.6. The van der Waals surface area contributed by atoms with E-state index in [-0.39, 0.29) is 17.5 Å². The van der Waals surface area contributed by atoms with E-state index in [0.29, 0.717) is 33.2 Å². The molecule has 0 aliphatic rings. The third kappa shape index (κ3) is 6.14. The Morgan fingerprint density at radius 2 is 1.90 bits per heavy atom. The molecule has 0 unspecified atom stereocenters. The van der Waals surface area contributed by atoms with Gasteiger partial charge in [-0.1, -0.05) is 53.2 Å². The number of hydrogen-bond donors (Lipinski definition) is 1. The smallest absolute Gasteiger partial charge is 0.234 e. The number of anilines is 1. The highest BCUT2D eigenvalue weighted by Crippen LogP contribution is 2.30. The van der Waals surface area contributed by atoms with Crippen LogP contribution >= 0.6 is 46.7 Å². The number of carbonyl (C=O) groups is 1. The van der Waals surface area contributed by atoms with E-state index in [1.807, 2.05) is 11.5 Å². The second kappa shape index (κ2) is 11.0. The van der Waals surface area contributed by atoms with Gasteiger partial charge in [0.25, 0.3) is 0 Å². The van der Waals surface area contributed by atoms with E-state index >= 15 is 0 Å². The lowest BCUT2D eigenvalue weighted by atomic mass is 10.2. The van der Waals surface area contributed by atoms with Crippen LogP contribution in [0.5, 0.6) is 0 Å². The zero-order chi connectivity index (χ0) is 21.5. The van der Waals surface area contributed by atoms with Crippen LogP contribution in [0, 0.1) is 5.82 Å². The number of nitrogens with zero attached hydrogens (tertiary/aromatic N) is 3. The average molecular weight is 485 g/mol. The highest BCUT2D eigenvalue weighted by molar-refractivity contribution is 7.99. The lowest BCUT2D eigenvalue weighted by Gasteiger charge is -2.09. The summed E-state index contributed by atoms with van der Waals surface area (Å²) in [5.74, 6) is 1.99. The lowest BCUT2D eigenvalue weighted by molar-refractivity contribution is -0.113. The number of aromatic nitrogens is 3. The quantitative estimate of drug-likeness (QED) is 0.382. The van der Waals surface area contributed by atoms with Crippen LogP contribution in [0.15, 0.2) is 47.6 Å². The topological polar surface area (TPSA) is 59.8 Å². The molecule has 0 aliphatic carbocycles. The van der Waals surface area contributed by atoms with Crippen LogP contribution in [0.25, 0.3) is 0 Å². The van der Waals surface area contributed by atoms with Crippen LogP contribution < -0.4 is 5.32 Å². The highest BCUT2D eigenvalue weighted by Gasteiger charge is 2.14. The Bertz CT molecular complexity index is 1010. The second-order valence-corrected chi connectivity index (χ2v) is 8.91. The Morgan fingerprint density at radius 3 is 2.63 bits per heavy atom. The fourth-order valence-electron chi connectivity index (χ4n) is 2.61. The normalized spacial score (nSPS) is 10.9. The molecule has 0 fully saturated rings. The number of benzene rings is 2. The minimum Gasteiger partial charge on any atom is -0.324 e. The van der Waals surface area contributed by atoms with E-state index in [2.05, 4.69) is 15.5 Å². The van der Waals surface area contributed by atoms with Gasteiger partial charge in [-0.2, -0.15) is 0 Å². The number of amides is 1. The first kappa shape index (κ1) is 22.9. The summed E-state index contributed by atoms with van der Waals surface area (Å²) >= 11 is 15.1. The van der Waals surface area contributed by atoms with Crippen LogP contribution in [0.4, 0.5) is 10.1 Å². The summed E-state index contributed by atoms with van der Waals surface area (Å²) in [5.41, 5.74) is 1.53. The van der Waals surface area contributed by atoms with E-state index in [1.165, 1.54) is 23.9 Å². The average Bonchev–Trinajstić information content (AvgIpc) is 3.13. The molecule has 1 N–H and O–H groups in total. The molecule has 0 saturated heterocycles. The molecule has 5 nitrogen and oxygen atoms in total. The number of carbonyl (C=O) groups excluding carboxylic acids is 1. The van der Waals surface area contributed by atoms with Crippen molar-refractivity contribution in [2.75, 3.05) is 11.1 Å². The molecule has 3 aromatic rings. The van der Waals surface area contributed by atoms with Gasteiger partial charge in [0.1, 0.15) is 11.6 Å². The van der Waals surface area contributed by atoms with Crippen molar-refractivity contribution in [2.24, 2.45) is 0 Å². The maximum Gasteiger partial charge on any atom is 0.234 e. The van der Waals surface area contributed by atoms with Gasteiger partial charge in [-0.3, -0.25) is 4.79 Å². The maximum absolute atomic E-state index is 13.0. The number of thioether (sulfide) groups is 2. The van der Waals surface area contributed by atoms with Crippen molar-refractivity contribution in [3.8, 4) is 0 Å². The van der Waals surface area contributed by atoms with E-state index in [1.54, 1.807) is 42.1 Å². The first-order valence-corrected chi connectivity index (χ1v) is 12.0. The van der Waals surface area contributed by atoms with Crippen LogP contribution in [0.1, 0.15) is 18.3 Å². The monoisotopic (exact) mass is 484 g/mol. The minimum absolute atomic E-state index is 0.170. The SMILES string of the molecule is CCn1c(CSCc2ccc(F)cc2)nnc1SCC(=O)Nc1cccc(Cl)c1Cl. The van der Waals surface area contributed by atoms with E-state index in [0.717, 1.165) is 17.1 Å². The van der Waals surface area contributed by atoms with Crippen LogP contribution in [-0.4, -0.2) is 26.4 Å². The van der Waals surface area contributed by atoms with Gasteiger partial charge in [0.05, 0.1) is 27.2 Å².